The number of hydrogen-bond acceptors (Lipinski definition) is 5. The van der Waals surface area contributed by atoms with Crippen LogP contribution < -0.4 is 15.8 Å². The second kappa shape index (κ2) is 8.41. The van der Waals surface area contributed by atoms with Gasteiger partial charge in [0.05, 0.1) is 12.8 Å². The van der Waals surface area contributed by atoms with Crippen molar-refractivity contribution in [2.24, 2.45) is 5.92 Å². The standard InChI is InChI=1S/C23H27N3O2S/c1-3-14-6-9-19-16(12-14)13-18-20(24)21(29-23(18)26-19)22(27)25-11-10-15-4-7-17(28-2)8-5-15/h4-5,7-8,13-14H,3,6,9-12,24H2,1-2H3,(H,25,27)/t14-/m1/s1. The number of anilines is 1. The number of nitrogens with one attached hydrogen (secondary N) is 1. The van der Waals surface area contributed by atoms with Crippen LogP contribution in [0.1, 0.15) is 46.3 Å². The van der Waals surface area contributed by atoms with Crippen LogP contribution in [0.2, 0.25) is 0 Å². The maximum Gasteiger partial charge on any atom is 0.263 e. The molecular weight excluding hydrogens is 382 g/mol. The Hall–Kier alpha value is -2.60. The summed E-state index contributed by atoms with van der Waals surface area (Å²) in [5.41, 5.74) is 10.5. The van der Waals surface area contributed by atoms with Crippen molar-refractivity contribution in [1.29, 1.82) is 0 Å². The summed E-state index contributed by atoms with van der Waals surface area (Å²) in [4.78, 5) is 19.0. The number of nitrogens with zero attached hydrogens (tertiary/aromatic N) is 1. The number of hydrogen-bond donors (Lipinski definition) is 2. The number of nitrogens with two attached hydrogens (primary N) is 1. The van der Waals surface area contributed by atoms with Crippen LogP contribution in [-0.4, -0.2) is 24.5 Å². The molecule has 152 valence electrons. The smallest absolute Gasteiger partial charge is 0.263 e. The Morgan fingerprint density at radius 1 is 1.34 bits per heavy atom. The summed E-state index contributed by atoms with van der Waals surface area (Å²) in [6.45, 7) is 2.80. The molecule has 29 heavy (non-hydrogen) atoms. The third-order valence-corrected chi connectivity index (χ3v) is 6.94. The van der Waals surface area contributed by atoms with E-state index >= 15 is 0 Å². The lowest BCUT2D eigenvalue weighted by Crippen LogP contribution is -2.25. The molecule has 2 aromatic heterocycles. The number of fused-ring (bicyclic) bond motifs is 2. The molecule has 4 rings (SSSR count). The lowest BCUT2D eigenvalue weighted by atomic mass is 9.85. The first-order chi connectivity index (χ1) is 14.1. The molecule has 0 fully saturated rings. The van der Waals surface area contributed by atoms with Crippen LogP contribution in [-0.2, 0) is 19.3 Å². The number of methoxy groups -OCH3 is 1. The number of amides is 1. The number of aryl methyl sites for hydroxylation is 1. The van der Waals surface area contributed by atoms with Crippen LogP contribution in [0.25, 0.3) is 10.2 Å². The van der Waals surface area contributed by atoms with Gasteiger partial charge in [-0.3, -0.25) is 4.79 Å². The van der Waals surface area contributed by atoms with Gasteiger partial charge in [-0.05, 0) is 60.9 Å². The van der Waals surface area contributed by atoms with E-state index in [9.17, 15) is 4.79 Å². The molecule has 0 saturated carbocycles. The number of thiophene rings is 1. The molecule has 0 saturated heterocycles. The van der Waals surface area contributed by atoms with Gasteiger partial charge in [0.2, 0.25) is 0 Å². The van der Waals surface area contributed by atoms with E-state index in [2.05, 4.69) is 18.3 Å². The first-order valence-corrected chi connectivity index (χ1v) is 11.0. The van der Waals surface area contributed by atoms with Crippen LogP contribution in [0.15, 0.2) is 30.3 Å². The van der Waals surface area contributed by atoms with Crippen molar-refractivity contribution in [3.8, 4) is 5.75 Å². The van der Waals surface area contributed by atoms with E-state index in [4.69, 9.17) is 15.5 Å². The van der Waals surface area contributed by atoms with E-state index in [0.29, 0.717) is 17.1 Å². The van der Waals surface area contributed by atoms with Gasteiger partial charge in [-0.15, -0.1) is 11.3 Å². The minimum Gasteiger partial charge on any atom is -0.497 e. The molecule has 1 amide bonds. The van der Waals surface area contributed by atoms with Crippen LogP contribution in [0, 0.1) is 5.92 Å². The van der Waals surface area contributed by atoms with Gasteiger partial charge in [0.15, 0.2) is 0 Å². The number of carbonyl (C=O) groups is 1. The quantitative estimate of drug-likeness (QED) is 0.634. The Bertz CT molecular complexity index is 1030. The zero-order valence-electron chi connectivity index (χ0n) is 17.0. The Kier molecular flexibility index (Phi) is 5.72. The Morgan fingerprint density at radius 3 is 2.86 bits per heavy atom. The molecule has 5 nitrogen and oxygen atoms in total. The fourth-order valence-corrected chi connectivity index (χ4v) is 4.99. The van der Waals surface area contributed by atoms with Crippen molar-refractivity contribution in [2.45, 2.75) is 39.0 Å². The van der Waals surface area contributed by atoms with Gasteiger partial charge < -0.3 is 15.8 Å². The summed E-state index contributed by atoms with van der Waals surface area (Å²) >= 11 is 1.40. The average Bonchev–Trinajstić information content (AvgIpc) is 3.07. The monoisotopic (exact) mass is 409 g/mol. The van der Waals surface area contributed by atoms with E-state index in [1.165, 1.54) is 35.4 Å². The molecule has 2 heterocycles. The number of aromatic nitrogens is 1. The summed E-state index contributed by atoms with van der Waals surface area (Å²) in [5.74, 6) is 1.43. The minimum absolute atomic E-state index is 0.122. The minimum atomic E-state index is -0.122. The Balaban J connectivity index is 1.46. The van der Waals surface area contributed by atoms with Crippen molar-refractivity contribution in [1.82, 2.24) is 10.3 Å². The van der Waals surface area contributed by atoms with Gasteiger partial charge in [0, 0.05) is 17.6 Å². The molecule has 3 aromatic rings. The van der Waals surface area contributed by atoms with Crippen LogP contribution in [0.5, 0.6) is 5.75 Å². The summed E-state index contributed by atoms with van der Waals surface area (Å²) in [7, 11) is 1.65. The van der Waals surface area contributed by atoms with Crippen molar-refractivity contribution < 1.29 is 9.53 Å². The van der Waals surface area contributed by atoms with Gasteiger partial charge in [-0.2, -0.15) is 0 Å². The molecule has 1 aromatic carbocycles. The summed E-state index contributed by atoms with van der Waals surface area (Å²) in [6.07, 6.45) is 5.23. The third kappa shape index (κ3) is 4.08. The average molecular weight is 410 g/mol. The van der Waals surface area contributed by atoms with Crippen molar-refractivity contribution in [3.05, 3.63) is 52.0 Å². The zero-order chi connectivity index (χ0) is 20.4. The molecule has 6 heteroatoms. The number of pyridine rings is 1. The molecule has 0 aliphatic heterocycles. The fourth-order valence-electron chi connectivity index (χ4n) is 3.98. The van der Waals surface area contributed by atoms with E-state index in [1.807, 2.05) is 24.3 Å². The van der Waals surface area contributed by atoms with Crippen LogP contribution >= 0.6 is 11.3 Å². The molecule has 1 aliphatic rings. The number of benzene rings is 1. The number of rotatable bonds is 6. The summed E-state index contributed by atoms with van der Waals surface area (Å²) in [6, 6.07) is 10.0. The van der Waals surface area contributed by atoms with Crippen molar-refractivity contribution in [3.63, 3.8) is 0 Å². The lowest BCUT2D eigenvalue weighted by molar-refractivity contribution is 0.0959. The summed E-state index contributed by atoms with van der Waals surface area (Å²) in [5, 5.41) is 3.92. The van der Waals surface area contributed by atoms with Gasteiger partial charge in [0.1, 0.15) is 15.5 Å². The first kappa shape index (κ1) is 19.7. The maximum atomic E-state index is 12.7. The number of nitrogen functional groups attached to an aromatic ring is 1. The highest BCUT2D eigenvalue weighted by Crippen LogP contribution is 2.36. The van der Waals surface area contributed by atoms with Gasteiger partial charge >= 0.3 is 0 Å². The lowest BCUT2D eigenvalue weighted by Gasteiger charge is -2.22. The molecule has 0 bridgehead atoms. The highest BCUT2D eigenvalue weighted by molar-refractivity contribution is 7.21. The van der Waals surface area contributed by atoms with Crippen LogP contribution in [0.4, 0.5) is 5.69 Å². The van der Waals surface area contributed by atoms with E-state index < -0.39 is 0 Å². The Morgan fingerprint density at radius 2 is 2.14 bits per heavy atom. The van der Waals surface area contributed by atoms with E-state index in [-0.39, 0.29) is 5.91 Å². The van der Waals surface area contributed by atoms with Crippen LogP contribution in [0.3, 0.4) is 0 Å². The van der Waals surface area contributed by atoms with Gasteiger partial charge in [0.25, 0.3) is 5.91 Å². The summed E-state index contributed by atoms with van der Waals surface area (Å²) < 4.78 is 5.17. The molecule has 0 unspecified atom stereocenters. The highest BCUT2D eigenvalue weighted by atomic mass is 32.1. The molecule has 0 radical (unpaired) electrons. The Labute approximate surface area is 175 Å². The second-order valence-electron chi connectivity index (χ2n) is 7.66. The molecule has 1 aliphatic carbocycles. The SMILES string of the molecule is CC[C@@H]1CCc2nc3sc(C(=O)NCCc4ccc(OC)cc4)c(N)c3cc2C1. The van der Waals surface area contributed by atoms with E-state index in [0.717, 1.165) is 46.7 Å². The molecule has 3 N–H and O–H groups in total. The van der Waals surface area contributed by atoms with Crippen molar-refractivity contribution in [2.75, 3.05) is 19.4 Å². The van der Waals surface area contributed by atoms with Gasteiger partial charge in [-0.1, -0.05) is 25.5 Å². The predicted molar refractivity (Wildman–Crippen MR) is 119 cm³/mol. The number of carbonyl (C=O) groups excluding carboxylic acids is 1. The van der Waals surface area contributed by atoms with E-state index in [1.54, 1.807) is 7.11 Å². The third-order valence-electron chi connectivity index (χ3n) is 5.83. The fraction of sp³-hybridized carbons (Fsp3) is 0.391. The number of ether oxygens (including phenoxy) is 1. The van der Waals surface area contributed by atoms with Gasteiger partial charge in [-0.25, -0.2) is 4.98 Å². The first-order valence-electron chi connectivity index (χ1n) is 10.2. The highest BCUT2D eigenvalue weighted by Gasteiger charge is 2.23. The maximum absolute atomic E-state index is 12.7. The normalized spacial score (nSPS) is 15.9. The van der Waals surface area contributed by atoms with Crippen molar-refractivity contribution >= 4 is 33.1 Å². The molecule has 0 spiro atoms. The predicted octanol–water partition coefficient (Wildman–Crippen LogP) is 4.37. The topological polar surface area (TPSA) is 77.2 Å². The molecular formula is C23H27N3O2S. The zero-order valence-corrected chi connectivity index (χ0v) is 17.8. The largest absolute Gasteiger partial charge is 0.497 e. The molecule has 1 atom stereocenters. The second-order valence-corrected chi connectivity index (χ2v) is 8.66.